The van der Waals surface area contributed by atoms with E-state index in [0.717, 1.165) is 24.1 Å². The Morgan fingerprint density at radius 3 is 2.60 bits per heavy atom. The van der Waals surface area contributed by atoms with Gasteiger partial charge >= 0.3 is 0 Å². The van der Waals surface area contributed by atoms with Crippen LogP contribution < -0.4 is 4.90 Å². The summed E-state index contributed by atoms with van der Waals surface area (Å²) in [7, 11) is 2.21. The van der Waals surface area contributed by atoms with Crippen molar-refractivity contribution >= 4 is 5.82 Å². The van der Waals surface area contributed by atoms with Gasteiger partial charge in [-0.3, -0.25) is 9.88 Å². The van der Waals surface area contributed by atoms with Crippen LogP contribution in [-0.2, 0) is 0 Å². The zero-order valence-corrected chi connectivity index (χ0v) is 9.22. The van der Waals surface area contributed by atoms with Crippen LogP contribution in [0.5, 0.6) is 0 Å². The molecule has 1 aromatic heterocycles. The summed E-state index contributed by atoms with van der Waals surface area (Å²) in [5.41, 5.74) is 1.05. The van der Waals surface area contributed by atoms with E-state index in [1.54, 1.807) is 12.4 Å². The molecule has 0 radical (unpaired) electrons. The van der Waals surface area contributed by atoms with Crippen molar-refractivity contribution in [2.45, 2.75) is 25.4 Å². The second-order valence-electron chi connectivity index (χ2n) is 4.60. The first kappa shape index (κ1) is 9.09. The maximum absolute atomic E-state index is 4.45. The van der Waals surface area contributed by atoms with Crippen molar-refractivity contribution < 1.29 is 0 Å². The molecule has 1 unspecified atom stereocenters. The van der Waals surface area contributed by atoms with Gasteiger partial charge in [-0.2, -0.15) is 0 Å². The lowest BCUT2D eigenvalue weighted by Crippen LogP contribution is -2.45. The highest BCUT2D eigenvalue weighted by Gasteiger charge is 2.42. The number of likely N-dealkylation sites (tertiary alicyclic amines) is 1. The van der Waals surface area contributed by atoms with Gasteiger partial charge in [0.15, 0.2) is 0 Å². The van der Waals surface area contributed by atoms with Gasteiger partial charge in [0.05, 0.1) is 5.69 Å². The summed E-state index contributed by atoms with van der Waals surface area (Å²) < 4.78 is 0. The van der Waals surface area contributed by atoms with Gasteiger partial charge in [0, 0.05) is 37.6 Å². The molecule has 3 rings (SSSR count). The summed E-state index contributed by atoms with van der Waals surface area (Å²) in [6, 6.07) is 1.37. The van der Waals surface area contributed by atoms with E-state index in [-0.39, 0.29) is 0 Å². The number of hydrogen-bond acceptors (Lipinski definition) is 4. The lowest BCUT2D eigenvalue weighted by Gasteiger charge is -2.33. The van der Waals surface area contributed by atoms with E-state index in [1.165, 1.54) is 13.0 Å². The van der Waals surface area contributed by atoms with Crippen molar-refractivity contribution in [1.29, 1.82) is 0 Å². The summed E-state index contributed by atoms with van der Waals surface area (Å²) >= 11 is 0. The molecule has 0 saturated carbocycles. The van der Waals surface area contributed by atoms with Crippen molar-refractivity contribution in [3.05, 3.63) is 18.1 Å². The molecular weight excluding hydrogens is 188 g/mol. The van der Waals surface area contributed by atoms with Gasteiger partial charge in [-0.25, -0.2) is 4.98 Å². The van der Waals surface area contributed by atoms with Gasteiger partial charge in [0.2, 0.25) is 0 Å². The summed E-state index contributed by atoms with van der Waals surface area (Å²) in [6.45, 7) is 4.32. The van der Waals surface area contributed by atoms with Gasteiger partial charge in [-0.1, -0.05) is 0 Å². The monoisotopic (exact) mass is 204 g/mol. The third-order valence-electron chi connectivity index (χ3n) is 3.64. The molecule has 2 fully saturated rings. The van der Waals surface area contributed by atoms with Gasteiger partial charge in [0.25, 0.3) is 0 Å². The van der Waals surface area contributed by atoms with Crippen molar-refractivity contribution in [3.8, 4) is 0 Å². The third kappa shape index (κ3) is 1.32. The Bertz CT molecular complexity index is 377. The van der Waals surface area contributed by atoms with Crippen LogP contribution in [0.25, 0.3) is 0 Å². The highest BCUT2D eigenvalue weighted by molar-refractivity contribution is 5.46. The Morgan fingerprint density at radius 2 is 2.00 bits per heavy atom. The van der Waals surface area contributed by atoms with E-state index < -0.39 is 0 Å². The molecule has 4 heteroatoms. The van der Waals surface area contributed by atoms with Crippen LogP contribution in [0.3, 0.4) is 0 Å². The zero-order chi connectivity index (χ0) is 10.4. The first-order valence-corrected chi connectivity index (χ1v) is 5.50. The lowest BCUT2D eigenvalue weighted by molar-refractivity contribution is 0.292. The molecule has 3 heterocycles. The van der Waals surface area contributed by atoms with E-state index in [1.807, 2.05) is 6.92 Å². The second-order valence-corrected chi connectivity index (χ2v) is 4.60. The minimum Gasteiger partial charge on any atom is -0.349 e. The van der Waals surface area contributed by atoms with Crippen molar-refractivity contribution in [3.63, 3.8) is 0 Å². The molecule has 2 aliphatic rings. The average molecular weight is 204 g/mol. The molecule has 80 valence electrons. The number of anilines is 1. The Labute approximate surface area is 89.9 Å². The van der Waals surface area contributed by atoms with Crippen LogP contribution in [0, 0.1) is 6.92 Å². The molecule has 2 saturated heterocycles. The average Bonchev–Trinajstić information content (AvgIpc) is 2.77. The number of rotatable bonds is 1. The summed E-state index contributed by atoms with van der Waals surface area (Å²) in [5.74, 6) is 1.08. The fourth-order valence-electron chi connectivity index (χ4n) is 2.81. The molecule has 0 aliphatic carbocycles. The lowest BCUT2D eigenvalue weighted by atomic mass is 10.2. The summed E-state index contributed by atoms with van der Waals surface area (Å²) in [4.78, 5) is 13.6. The maximum Gasteiger partial charge on any atom is 0.150 e. The fourth-order valence-corrected chi connectivity index (χ4v) is 2.81. The highest BCUT2D eigenvalue weighted by atomic mass is 15.4. The van der Waals surface area contributed by atoms with Crippen LogP contribution in [0.4, 0.5) is 5.82 Å². The molecule has 4 nitrogen and oxygen atoms in total. The Hall–Kier alpha value is -1.16. The summed E-state index contributed by atoms with van der Waals surface area (Å²) in [5, 5.41) is 0. The standard InChI is InChI=1S/C11H16N4/c1-8-11(13-4-3-12-8)15-7-9-5-10(15)6-14(9)2/h3-4,9-10H,5-7H2,1-2H3/t9-,10?/m0/s1. The van der Waals surface area contributed by atoms with Gasteiger partial charge in [-0.05, 0) is 20.4 Å². The summed E-state index contributed by atoms with van der Waals surface area (Å²) in [6.07, 6.45) is 4.84. The Balaban J connectivity index is 1.89. The molecule has 0 aromatic carbocycles. The van der Waals surface area contributed by atoms with Crippen molar-refractivity contribution in [1.82, 2.24) is 14.9 Å². The molecule has 1 aromatic rings. The SMILES string of the molecule is Cc1nccnc1N1C[C@@H]2CC1CN2C. The van der Waals surface area contributed by atoms with Crippen molar-refractivity contribution in [2.24, 2.45) is 0 Å². The third-order valence-corrected chi connectivity index (χ3v) is 3.64. The molecular formula is C11H16N4. The maximum atomic E-state index is 4.45. The van der Waals surface area contributed by atoms with Crippen LogP contribution >= 0.6 is 0 Å². The number of fused-ring (bicyclic) bond motifs is 2. The molecule has 2 atom stereocenters. The number of hydrogen-bond donors (Lipinski definition) is 0. The number of nitrogens with zero attached hydrogens (tertiary/aromatic N) is 4. The van der Waals surface area contributed by atoms with Crippen LogP contribution in [-0.4, -0.2) is 47.1 Å². The zero-order valence-electron chi connectivity index (χ0n) is 9.22. The highest BCUT2D eigenvalue weighted by Crippen LogP contribution is 2.33. The van der Waals surface area contributed by atoms with Gasteiger partial charge < -0.3 is 4.90 Å². The molecule has 0 amide bonds. The smallest absolute Gasteiger partial charge is 0.150 e. The predicted octanol–water partition coefficient (Wildman–Crippen LogP) is 0.678. The number of likely N-dealkylation sites (N-methyl/N-ethyl adjacent to an activating group) is 1. The fraction of sp³-hybridized carbons (Fsp3) is 0.636. The van der Waals surface area contributed by atoms with Crippen molar-refractivity contribution in [2.75, 3.05) is 25.0 Å². The molecule has 15 heavy (non-hydrogen) atoms. The second kappa shape index (κ2) is 3.17. The van der Waals surface area contributed by atoms with E-state index in [0.29, 0.717) is 6.04 Å². The quantitative estimate of drug-likeness (QED) is 0.673. The number of piperazine rings is 1. The minimum atomic E-state index is 0.649. The van der Waals surface area contributed by atoms with E-state index in [4.69, 9.17) is 0 Å². The molecule has 2 bridgehead atoms. The van der Waals surface area contributed by atoms with E-state index in [9.17, 15) is 0 Å². The molecule has 0 N–H and O–H groups in total. The predicted molar refractivity (Wildman–Crippen MR) is 58.9 cm³/mol. The van der Waals surface area contributed by atoms with E-state index in [2.05, 4.69) is 26.8 Å². The molecule has 0 spiro atoms. The van der Waals surface area contributed by atoms with Crippen LogP contribution in [0.15, 0.2) is 12.4 Å². The van der Waals surface area contributed by atoms with Gasteiger partial charge in [-0.15, -0.1) is 0 Å². The topological polar surface area (TPSA) is 32.3 Å². The first-order valence-electron chi connectivity index (χ1n) is 5.50. The van der Waals surface area contributed by atoms with Gasteiger partial charge in [0.1, 0.15) is 5.82 Å². The Morgan fingerprint density at radius 1 is 1.20 bits per heavy atom. The minimum absolute atomic E-state index is 0.649. The van der Waals surface area contributed by atoms with E-state index >= 15 is 0 Å². The number of aromatic nitrogens is 2. The van der Waals surface area contributed by atoms with Crippen LogP contribution in [0.2, 0.25) is 0 Å². The largest absolute Gasteiger partial charge is 0.349 e. The normalized spacial score (nSPS) is 30.1. The van der Waals surface area contributed by atoms with Crippen LogP contribution in [0.1, 0.15) is 12.1 Å². The molecule has 2 aliphatic heterocycles. The number of aryl methyl sites for hydroxylation is 1. The Kier molecular flexibility index (Phi) is 1.92. The first-order chi connectivity index (χ1) is 7.25.